The van der Waals surface area contributed by atoms with Crippen molar-refractivity contribution in [2.75, 3.05) is 0 Å². The number of Topliss-reactive ketones (excluding diaryl/α,β-unsaturated/α-hetero) is 1. The van der Waals surface area contributed by atoms with E-state index in [9.17, 15) is 23.1 Å². The van der Waals surface area contributed by atoms with Crippen molar-refractivity contribution in [2.24, 2.45) is 0 Å². The molecule has 0 aliphatic carbocycles. The highest BCUT2D eigenvalue weighted by Gasteiger charge is 2.34. The molecule has 2 aromatic carbocycles. The maximum Gasteiger partial charge on any atom is 0.407 e. The molecular weight excluding hydrogens is 369 g/mol. The molecule has 0 heterocycles. The number of aliphatic hydroxyl groups is 1. The minimum atomic E-state index is -4.70. The van der Waals surface area contributed by atoms with Crippen LogP contribution in [0.15, 0.2) is 42.5 Å². The first-order valence-electron chi connectivity index (χ1n) is 8.39. The van der Waals surface area contributed by atoms with E-state index in [0.717, 1.165) is 17.7 Å². The van der Waals surface area contributed by atoms with E-state index in [4.69, 9.17) is 11.8 Å². The number of halogens is 3. The van der Waals surface area contributed by atoms with Gasteiger partial charge in [-0.25, -0.2) is 4.85 Å². The van der Waals surface area contributed by atoms with Gasteiger partial charge in [-0.2, -0.15) is 18.4 Å². The van der Waals surface area contributed by atoms with Crippen molar-refractivity contribution in [3.63, 3.8) is 0 Å². The molecule has 1 N–H and O–H groups in total. The van der Waals surface area contributed by atoms with Gasteiger partial charge in [0, 0.05) is 6.42 Å². The Bertz CT molecular complexity index is 950. The van der Waals surface area contributed by atoms with Crippen molar-refractivity contribution in [3.05, 3.63) is 76.1 Å². The maximum atomic E-state index is 13.1. The second-order valence-corrected chi connectivity index (χ2v) is 6.64. The molecule has 2 rings (SSSR count). The Balaban J connectivity index is 2.10. The van der Waals surface area contributed by atoms with Gasteiger partial charge in [-0.15, -0.1) is 0 Å². The average molecular weight is 386 g/mol. The van der Waals surface area contributed by atoms with Gasteiger partial charge in [0.2, 0.25) is 0 Å². The Morgan fingerprint density at radius 1 is 1.18 bits per heavy atom. The van der Waals surface area contributed by atoms with Gasteiger partial charge in [-0.05, 0) is 43.0 Å². The quantitative estimate of drug-likeness (QED) is 0.737. The molecule has 0 radical (unpaired) electrons. The fourth-order valence-corrected chi connectivity index (χ4v) is 2.67. The van der Waals surface area contributed by atoms with Gasteiger partial charge in [0.05, 0.1) is 23.8 Å². The van der Waals surface area contributed by atoms with E-state index >= 15 is 0 Å². The maximum absolute atomic E-state index is 13.1. The van der Waals surface area contributed by atoms with Gasteiger partial charge in [-0.3, -0.25) is 4.79 Å². The highest BCUT2D eigenvalue weighted by molar-refractivity contribution is 5.88. The molecule has 2 aromatic rings. The lowest BCUT2D eigenvalue weighted by atomic mass is 9.89. The van der Waals surface area contributed by atoms with Gasteiger partial charge < -0.3 is 5.11 Å². The lowest BCUT2D eigenvalue weighted by molar-refractivity contribution is -0.137. The van der Waals surface area contributed by atoms with Gasteiger partial charge in [-0.1, -0.05) is 30.3 Å². The van der Waals surface area contributed by atoms with Crippen molar-refractivity contribution in [3.8, 4) is 6.07 Å². The number of rotatable bonds is 6. The lowest BCUT2D eigenvalue weighted by Crippen LogP contribution is -2.37. The van der Waals surface area contributed by atoms with E-state index in [1.165, 1.54) is 13.0 Å². The highest BCUT2D eigenvalue weighted by Crippen LogP contribution is 2.37. The summed E-state index contributed by atoms with van der Waals surface area (Å²) in [6, 6.07) is 11.8. The third kappa shape index (κ3) is 5.18. The second-order valence-electron chi connectivity index (χ2n) is 6.64. The van der Waals surface area contributed by atoms with Crippen LogP contribution in [0.2, 0.25) is 0 Å². The molecule has 4 nitrogen and oxygen atoms in total. The standard InChI is InChI=1S/C21H17F3N2O2/c1-20(28,10-9-14-3-5-15(13-25)6-4-14)19(27)12-16-7-8-18(26-2)17(11-16)21(22,23)24/h3-8,11,28H,9-10,12H2,1H3/t20-/m0/s1. The molecule has 7 heteroatoms. The van der Waals surface area contributed by atoms with Crippen LogP contribution in [0.25, 0.3) is 4.85 Å². The molecular formula is C21H17F3N2O2. The molecule has 0 aliphatic heterocycles. The van der Waals surface area contributed by atoms with Crippen LogP contribution in [-0.2, 0) is 23.8 Å². The van der Waals surface area contributed by atoms with Crippen LogP contribution in [0.3, 0.4) is 0 Å². The first kappa shape index (κ1) is 21.1. The number of nitrogens with zero attached hydrogens (tertiary/aromatic N) is 2. The Kier molecular flexibility index (Phi) is 6.23. The average Bonchev–Trinajstić information content (AvgIpc) is 2.66. The van der Waals surface area contributed by atoms with E-state index in [0.29, 0.717) is 12.0 Å². The molecule has 0 fully saturated rings. The van der Waals surface area contributed by atoms with E-state index in [-0.39, 0.29) is 18.4 Å². The summed E-state index contributed by atoms with van der Waals surface area (Å²) in [6.45, 7) is 8.17. The molecule has 0 aliphatic rings. The minimum absolute atomic E-state index is 0.0865. The first-order chi connectivity index (χ1) is 13.1. The number of carbonyl (C=O) groups excluding carboxylic acids is 1. The number of hydrogen-bond donors (Lipinski definition) is 1. The summed E-state index contributed by atoms with van der Waals surface area (Å²) < 4.78 is 39.2. The molecule has 1 atom stereocenters. The summed E-state index contributed by atoms with van der Waals surface area (Å²) in [7, 11) is 0. The topological polar surface area (TPSA) is 65.4 Å². The van der Waals surface area contributed by atoms with E-state index < -0.39 is 28.8 Å². The molecule has 0 saturated heterocycles. The molecule has 0 spiro atoms. The summed E-state index contributed by atoms with van der Waals surface area (Å²) in [6.07, 6.45) is -4.61. The number of ketones is 1. The Labute approximate surface area is 160 Å². The zero-order valence-corrected chi connectivity index (χ0v) is 15.0. The number of hydrogen-bond acceptors (Lipinski definition) is 3. The smallest absolute Gasteiger partial charge is 0.382 e. The summed E-state index contributed by atoms with van der Waals surface area (Å²) in [5.41, 5.74) is -1.93. The third-order valence-electron chi connectivity index (χ3n) is 4.44. The van der Waals surface area contributed by atoms with E-state index in [2.05, 4.69) is 4.85 Å². The first-order valence-corrected chi connectivity index (χ1v) is 8.39. The highest BCUT2D eigenvalue weighted by atomic mass is 19.4. The molecule has 0 amide bonds. The summed E-state index contributed by atoms with van der Waals surface area (Å²) in [5, 5.41) is 19.2. The zero-order valence-electron chi connectivity index (χ0n) is 15.0. The summed E-state index contributed by atoms with van der Waals surface area (Å²) in [5.74, 6) is -0.607. The van der Waals surface area contributed by atoms with Crippen LogP contribution in [0.4, 0.5) is 18.9 Å². The van der Waals surface area contributed by atoms with Crippen molar-refractivity contribution in [1.82, 2.24) is 0 Å². The van der Waals surface area contributed by atoms with E-state index in [1.54, 1.807) is 24.3 Å². The van der Waals surface area contributed by atoms with Gasteiger partial charge in [0.25, 0.3) is 0 Å². The van der Waals surface area contributed by atoms with Crippen LogP contribution in [0, 0.1) is 17.9 Å². The van der Waals surface area contributed by atoms with E-state index in [1.807, 2.05) is 6.07 Å². The second kappa shape index (κ2) is 8.24. The summed E-state index contributed by atoms with van der Waals surface area (Å²) in [4.78, 5) is 15.3. The van der Waals surface area contributed by atoms with Crippen LogP contribution in [-0.4, -0.2) is 16.5 Å². The Morgan fingerprint density at radius 2 is 1.79 bits per heavy atom. The monoisotopic (exact) mass is 386 g/mol. The van der Waals surface area contributed by atoms with Gasteiger partial charge in [0.15, 0.2) is 11.5 Å². The molecule has 0 unspecified atom stereocenters. The summed E-state index contributed by atoms with van der Waals surface area (Å²) >= 11 is 0. The number of benzene rings is 2. The number of nitriles is 1. The zero-order chi connectivity index (χ0) is 20.9. The van der Waals surface area contributed by atoms with Crippen LogP contribution >= 0.6 is 0 Å². The molecule has 28 heavy (non-hydrogen) atoms. The largest absolute Gasteiger partial charge is 0.407 e. The van der Waals surface area contributed by atoms with Crippen LogP contribution in [0.5, 0.6) is 0 Å². The SMILES string of the molecule is [C-]#[N+]c1ccc(CC(=O)[C@@](C)(O)CCc2ccc(C#N)cc2)cc1C(F)(F)F. The van der Waals surface area contributed by atoms with Gasteiger partial charge in [0.1, 0.15) is 5.60 Å². The van der Waals surface area contributed by atoms with Crippen molar-refractivity contribution < 1.29 is 23.1 Å². The molecule has 0 aromatic heterocycles. The van der Waals surface area contributed by atoms with Crippen LogP contribution < -0.4 is 0 Å². The van der Waals surface area contributed by atoms with Crippen molar-refractivity contribution in [1.29, 1.82) is 5.26 Å². The fraction of sp³-hybridized carbons (Fsp3) is 0.286. The lowest BCUT2D eigenvalue weighted by Gasteiger charge is -2.22. The predicted molar refractivity (Wildman–Crippen MR) is 96.5 cm³/mol. The Morgan fingerprint density at radius 3 is 2.32 bits per heavy atom. The molecule has 0 saturated carbocycles. The molecule has 0 bridgehead atoms. The van der Waals surface area contributed by atoms with Crippen molar-refractivity contribution >= 4 is 11.5 Å². The third-order valence-corrected chi connectivity index (χ3v) is 4.44. The molecule has 144 valence electrons. The number of alkyl halides is 3. The number of carbonyl (C=O) groups is 1. The predicted octanol–water partition coefficient (Wildman–Crippen LogP) is 4.62. The minimum Gasteiger partial charge on any atom is -0.382 e. The number of aryl methyl sites for hydroxylation is 1. The van der Waals surface area contributed by atoms with Crippen LogP contribution in [0.1, 0.15) is 35.6 Å². The fourth-order valence-electron chi connectivity index (χ4n) is 2.67. The van der Waals surface area contributed by atoms with Gasteiger partial charge >= 0.3 is 6.18 Å². The Hall–Kier alpha value is -3.16. The van der Waals surface area contributed by atoms with Crippen molar-refractivity contribution in [2.45, 2.75) is 38.0 Å². The normalized spacial score (nSPS) is 13.2.